The first kappa shape index (κ1) is 20.5. The molecule has 150 valence electrons. The highest BCUT2D eigenvalue weighted by Gasteiger charge is 2.14. The summed E-state index contributed by atoms with van der Waals surface area (Å²) in [4.78, 5) is 25.0. The Kier molecular flexibility index (Phi) is 6.08. The number of benzene rings is 2. The molecule has 0 atom stereocenters. The molecule has 8 heteroatoms. The van der Waals surface area contributed by atoms with Gasteiger partial charge in [0.25, 0.3) is 5.91 Å². The molecule has 2 N–H and O–H groups in total. The molecule has 0 fully saturated rings. The molecule has 2 aromatic carbocycles. The lowest BCUT2D eigenvalue weighted by molar-refractivity contribution is 0.102. The van der Waals surface area contributed by atoms with Crippen LogP contribution in [0.1, 0.15) is 16.1 Å². The van der Waals surface area contributed by atoms with Crippen LogP contribution in [0.25, 0.3) is 10.9 Å². The maximum atomic E-state index is 12.8. The van der Waals surface area contributed by atoms with Crippen molar-refractivity contribution in [3.8, 4) is 0 Å². The van der Waals surface area contributed by atoms with Gasteiger partial charge in [-0.25, -0.2) is 0 Å². The van der Waals surface area contributed by atoms with Gasteiger partial charge in [0.15, 0.2) is 0 Å². The average Bonchev–Trinajstić information content (AvgIpc) is 3.18. The molecule has 4 aromatic rings. The Morgan fingerprint density at radius 1 is 1.20 bits per heavy atom. The minimum atomic E-state index is -0.259. The summed E-state index contributed by atoms with van der Waals surface area (Å²) in [6.45, 7) is 3.60. The number of para-hydroxylation sites is 1. The normalized spacial score (nSPS) is 10.9. The highest BCUT2D eigenvalue weighted by Crippen LogP contribution is 2.33. The summed E-state index contributed by atoms with van der Waals surface area (Å²) in [5.41, 5.74) is 3.61. The number of anilines is 1. The SMILES string of the molecule is C=Nc1ccncc1SCc1ccccc1NC(=O)c1cc2c(Cl)cc(Cl)cc2[nH]1. The molecule has 0 radical (unpaired) electrons. The Morgan fingerprint density at radius 2 is 2.03 bits per heavy atom. The molecule has 0 unspecified atom stereocenters. The van der Waals surface area contributed by atoms with Crippen LogP contribution in [0.2, 0.25) is 10.0 Å². The molecule has 2 aromatic heterocycles. The Bertz CT molecular complexity index is 1260. The average molecular weight is 455 g/mol. The molecule has 0 spiro atoms. The molecule has 0 saturated carbocycles. The van der Waals surface area contributed by atoms with Crippen LogP contribution >= 0.6 is 35.0 Å². The molecule has 5 nitrogen and oxygen atoms in total. The van der Waals surface area contributed by atoms with E-state index in [4.69, 9.17) is 23.2 Å². The van der Waals surface area contributed by atoms with E-state index in [2.05, 4.69) is 27.0 Å². The first-order chi connectivity index (χ1) is 14.5. The third-order valence-corrected chi connectivity index (χ3v) is 6.09. The van der Waals surface area contributed by atoms with E-state index in [0.29, 0.717) is 27.0 Å². The number of aromatic nitrogens is 2. The number of pyridine rings is 1. The van der Waals surface area contributed by atoms with Gasteiger partial charge in [-0.15, -0.1) is 11.8 Å². The number of carbonyl (C=O) groups excluding carboxylic acids is 1. The van der Waals surface area contributed by atoms with Gasteiger partial charge < -0.3 is 10.3 Å². The van der Waals surface area contributed by atoms with Crippen molar-refractivity contribution < 1.29 is 4.79 Å². The zero-order valence-corrected chi connectivity index (χ0v) is 18.0. The van der Waals surface area contributed by atoms with Crippen LogP contribution in [-0.4, -0.2) is 22.6 Å². The van der Waals surface area contributed by atoms with E-state index in [1.807, 2.05) is 30.3 Å². The maximum absolute atomic E-state index is 12.8. The Hall–Kier alpha value is -2.80. The van der Waals surface area contributed by atoms with E-state index in [9.17, 15) is 4.79 Å². The van der Waals surface area contributed by atoms with Crippen LogP contribution in [-0.2, 0) is 5.75 Å². The zero-order chi connectivity index (χ0) is 21.1. The number of aromatic amines is 1. The van der Waals surface area contributed by atoms with Crippen molar-refractivity contribution in [2.75, 3.05) is 5.32 Å². The summed E-state index contributed by atoms with van der Waals surface area (Å²) in [7, 11) is 0. The van der Waals surface area contributed by atoms with Crippen molar-refractivity contribution in [1.82, 2.24) is 9.97 Å². The fourth-order valence-electron chi connectivity index (χ4n) is 3.01. The zero-order valence-electron chi connectivity index (χ0n) is 15.7. The molecular formula is C22H16Cl2N4OS. The van der Waals surface area contributed by atoms with Gasteiger partial charge in [0.1, 0.15) is 5.69 Å². The molecular weight excluding hydrogens is 439 g/mol. The Labute approximate surface area is 187 Å². The van der Waals surface area contributed by atoms with Gasteiger partial charge in [0.05, 0.1) is 15.6 Å². The first-order valence-electron chi connectivity index (χ1n) is 8.95. The third kappa shape index (κ3) is 4.36. The number of nitrogens with zero attached hydrogens (tertiary/aromatic N) is 2. The predicted molar refractivity (Wildman–Crippen MR) is 126 cm³/mol. The summed E-state index contributed by atoms with van der Waals surface area (Å²) < 4.78 is 0. The van der Waals surface area contributed by atoms with E-state index >= 15 is 0 Å². The lowest BCUT2D eigenvalue weighted by Crippen LogP contribution is -2.13. The Morgan fingerprint density at radius 3 is 2.87 bits per heavy atom. The van der Waals surface area contributed by atoms with E-state index in [1.54, 1.807) is 42.4 Å². The second-order valence-electron chi connectivity index (χ2n) is 6.43. The second-order valence-corrected chi connectivity index (χ2v) is 8.29. The smallest absolute Gasteiger partial charge is 0.272 e. The van der Waals surface area contributed by atoms with Crippen molar-refractivity contribution >= 4 is 69.9 Å². The highest BCUT2D eigenvalue weighted by molar-refractivity contribution is 7.98. The summed E-state index contributed by atoms with van der Waals surface area (Å²) >= 11 is 13.9. The van der Waals surface area contributed by atoms with Gasteiger partial charge in [-0.3, -0.25) is 14.8 Å². The molecule has 2 heterocycles. The summed E-state index contributed by atoms with van der Waals surface area (Å²) in [5, 5.41) is 4.72. The Balaban J connectivity index is 1.55. The standard InChI is InChI=1S/C22H16Cl2N4OS/c1-25-18-6-7-26-11-21(18)30-12-13-4-2-3-5-17(13)28-22(29)20-10-15-16(24)8-14(23)9-19(15)27-20/h2-11,27H,1,12H2,(H,28,29). The van der Waals surface area contributed by atoms with Crippen molar-refractivity contribution in [2.45, 2.75) is 10.6 Å². The number of hydrogen-bond acceptors (Lipinski definition) is 4. The van der Waals surface area contributed by atoms with Gasteiger partial charge in [-0.1, -0.05) is 41.4 Å². The molecule has 0 aliphatic heterocycles. The van der Waals surface area contributed by atoms with Gasteiger partial charge in [-0.05, 0) is 42.6 Å². The van der Waals surface area contributed by atoms with Crippen LogP contribution in [0.5, 0.6) is 0 Å². The molecule has 0 bridgehead atoms. The van der Waals surface area contributed by atoms with Crippen molar-refractivity contribution in [2.24, 2.45) is 4.99 Å². The monoisotopic (exact) mass is 454 g/mol. The van der Waals surface area contributed by atoms with Gasteiger partial charge in [0.2, 0.25) is 0 Å². The molecule has 0 aliphatic carbocycles. The molecule has 30 heavy (non-hydrogen) atoms. The van der Waals surface area contributed by atoms with E-state index in [-0.39, 0.29) is 5.91 Å². The topological polar surface area (TPSA) is 70.1 Å². The third-order valence-electron chi connectivity index (χ3n) is 4.48. The largest absolute Gasteiger partial charge is 0.350 e. The number of aliphatic imine (C=N–C) groups is 1. The van der Waals surface area contributed by atoms with Crippen LogP contribution < -0.4 is 5.32 Å². The number of halogens is 2. The van der Waals surface area contributed by atoms with Crippen molar-refractivity contribution in [3.05, 3.63) is 82.2 Å². The maximum Gasteiger partial charge on any atom is 0.272 e. The number of amides is 1. The minimum absolute atomic E-state index is 0.259. The fourth-order valence-corrected chi connectivity index (χ4v) is 4.54. The number of fused-ring (bicyclic) bond motifs is 1. The minimum Gasteiger partial charge on any atom is -0.350 e. The lowest BCUT2D eigenvalue weighted by Gasteiger charge is -2.11. The fraction of sp³-hybridized carbons (Fsp3) is 0.0455. The van der Waals surface area contributed by atoms with E-state index in [1.165, 1.54) is 0 Å². The van der Waals surface area contributed by atoms with Crippen LogP contribution in [0, 0.1) is 0 Å². The van der Waals surface area contributed by atoms with Gasteiger partial charge >= 0.3 is 0 Å². The number of hydrogen-bond donors (Lipinski definition) is 2. The highest BCUT2D eigenvalue weighted by atomic mass is 35.5. The number of rotatable bonds is 6. The second kappa shape index (κ2) is 8.92. The number of carbonyl (C=O) groups is 1. The van der Waals surface area contributed by atoms with Gasteiger partial charge in [0, 0.05) is 39.8 Å². The summed E-state index contributed by atoms with van der Waals surface area (Å²) in [6.07, 6.45) is 3.44. The molecule has 0 saturated heterocycles. The summed E-state index contributed by atoms with van der Waals surface area (Å²) in [5.74, 6) is 0.379. The van der Waals surface area contributed by atoms with Crippen LogP contribution in [0.15, 0.2) is 70.8 Å². The van der Waals surface area contributed by atoms with E-state index < -0.39 is 0 Å². The van der Waals surface area contributed by atoms with Crippen molar-refractivity contribution in [1.29, 1.82) is 0 Å². The summed E-state index contributed by atoms with van der Waals surface area (Å²) in [6, 6.07) is 14.6. The molecule has 1 amide bonds. The molecule has 4 rings (SSSR count). The molecule has 0 aliphatic rings. The number of thioether (sulfide) groups is 1. The van der Waals surface area contributed by atoms with Crippen LogP contribution in [0.3, 0.4) is 0 Å². The van der Waals surface area contributed by atoms with Crippen LogP contribution in [0.4, 0.5) is 11.4 Å². The first-order valence-corrected chi connectivity index (χ1v) is 10.7. The predicted octanol–water partition coefficient (Wildman–Crippen LogP) is 6.75. The quantitative estimate of drug-likeness (QED) is 0.250. The number of nitrogens with one attached hydrogen (secondary N) is 2. The van der Waals surface area contributed by atoms with E-state index in [0.717, 1.165) is 27.2 Å². The lowest BCUT2D eigenvalue weighted by atomic mass is 10.2. The van der Waals surface area contributed by atoms with Gasteiger partial charge in [-0.2, -0.15) is 0 Å². The van der Waals surface area contributed by atoms with Crippen molar-refractivity contribution in [3.63, 3.8) is 0 Å². The number of H-pyrrole nitrogens is 1.